The van der Waals surface area contributed by atoms with Gasteiger partial charge in [-0.15, -0.1) is 11.8 Å². The highest BCUT2D eigenvalue weighted by Gasteiger charge is 2.28. The van der Waals surface area contributed by atoms with Crippen LogP contribution in [0.4, 0.5) is 5.69 Å². The number of nitrogens with two attached hydrogens (primary N) is 1. The van der Waals surface area contributed by atoms with Gasteiger partial charge in [0.25, 0.3) is 5.69 Å². The van der Waals surface area contributed by atoms with Crippen molar-refractivity contribution in [2.75, 3.05) is 5.75 Å². The van der Waals surface area contributed by atoms with E-state index in [9.17, 15) is 14.9 Å². The predicted octanol–water partition coefficient (Wildman–Crippen LogP) is 2.59. The Labute approximate surface area is 110 Å². The largest absolute Gasteiger partial charge is 0.369 e. The molecule has 0 bridgehead atoms. The number of nitro groups is 1. The topological polar surface area (TPSA) is 86.2 Å². The van der Waals surface area contributed by atoms with Crippen LogP contribution in [0.25, 0.3) is 0 Å². The number of nitro benzene ring substituents is 1. The van der Waals surface area contributed by atoms with Crippen LogP contribution in [-0.4, -0.2) is 16.6 Å². The summed E-state index contributed by atoms with van der Waals surface area (Å²) in [5.41, 5.74) is 4.88. The molecule has 1 amide bonds. The number of non-ortho nitro benzene ring substituents is 1. The summed E-state index contributed by atoms with van der Waals surface area (Å²) in [6.07, 6.45) is 0.669. The summed E-state index contributed by atoms with van der Waals surface area (Å²) in [7, 11) is 0. The maximum atomic E-state index is 11.3. The Morgan fingerprint density at radius 1 is 1.44 bits per heavy atom. The fourth-order valence-electron chi connectivity index (χ4n) is 1.25. The Morgan fingerprint density at radius 2 is 2.00 bits per heavy atom. The Balaban J connectivity index is 2.69. The minimum atomic E-state index is -0.549. The van der Waals surface area contributed by atoms with Crippen molar-refractivity contribution < 1.29 is 9.72 Å². The standard InChI is InChI=1S/C12H16N2O3S/c1-3-12(2,11(13)15)8-18-10-6-4-9(5-7-10)14(16)17/h4-7H,3,8H2,1-2H3,(H2,13,15). The number of benzene rings is 1. The number of rotatable bonds is 6. The van der Waals surface area contributed by atoms with Crippen LogP contribution in [0.2, 0.25) is 0 Å². The van der Waals surface area contributed by atoms with Gasteiger partial charge in [-0.3, -0.25) is 14.9 Å². The molecular weight excluding hydrogens is 252 g/mol. The Bertz CT molecular complexity index is 447. The Hall–Kier alpha value is -1.56. The highest BCUT2D eigenvalue weighted by molar-refractivity contribution is 7.99. The third-order valence-electron chi connectivity index (χ3n) is 2.98. The van der Waals surface area contributed by atoms with E-state index in [1.807, 2.05) is 13.8 Å². The van der Waals surface area contributed by atoms with Gasteiger partial charge in [0.05, 0.1) is 10.3 Å². The van der Waals surface area contributed by atoms with Gasteiger partial charge in [0.15, 0.2) is 0 Å². The lowest BCUT2D eigenvalue weighted by Crippen LogP contribution is -2.35. The summed E-state index contributed by atoms with van der Waals surface area (Å²) < 4.78 is 0. The van der Waals surface area contributed by atoms with E-state index in [1.54, 1.807) is 12.1 Å². The highest BCUT2D eigenvalue weighted by Crippen LogP contribution is 2.31. The molecule has 0 saturated carbocycles. The number of hydrogen-bond acceptors (Lipinski definition) is 4. The molecule has 0 aliphatic carbocycles. The minimum absolute atomic E-state index is 0.0625. The van der Waals surface area contributed by atoms with E-state index in [0.717, 1.165) is 4.90 Å². The van der Waals surface area contributed by atoms with E-state index in [-0.39, 0.29) is 11.6 Å². The number of carbonyl (C=O) groups is 1. The first-order chi connectivity index (χ1) is 8.39. The molecule has 0 aliphatic rings. The summed E-state index contributed by atoms with van der Waals surface area (Å²) in [6.45, 7) is 3.74. The first kappa shape index (κ1) is 14.5. The average Bonchev–Trinajstić information content (AvgIpc) is 2.36. The average molecular weight is 268 g/mol. The molecule has 0 fully saturated rings. The fraction of sp³-hybridized carbons (Fsp3) is 0.417. The molecule has 0 radical (unpaired) electrons. The lowest BCUT2D eigenvalue weighted by molar-refractivity contribution is -0.384. The van der Waals surface area contributed by atoms with Crippen molar-refractivity contribution in [3.05, 3.63) is 34.4 Å². The molecule has 0 aliphatic heterocycles. The van der Waals surface area contributed by atoms with Crippen LogP contribution < -0.4 is 5.73 Å². The van der Waals surface area contributed by atoms with Crippen LogP contribution in [0.3, 0.4) is 0 Å². The van der Waals surface area contributed by atoms with Crippen molar-refractivity contribution >= 4 is 23.4 Å². The Morgan fingerprint density at radius 3 is 2.39 bits per heavy atom. The molecule has 1 rings (SSSR count). The van der Waals surface area contributed by atoms with Crippen molar-refractivity contribution in [2.45, 2.75) is 25.2 Å². The zero-order chi connectivity index (χ0) is 13.8. The maximum Gasteiger partial charge on any atom is 0.269 e. The van der Waals surface area contributed by atoms with Crippen molar-refractivity contribution in [3.8, 4) is 0 Å². The van der Waals surface area contributed by atoms with E-state index in [0.29, 0.717) is 12.2 Å². The van der Waals surface area contributed by atoms with Gasteiger partial charge in [0, 0.05) is 22.8 Å². The molecule has 6 heteroatoms. The van der Waals surface area contributed by atoms with E-state index >= 15 is 0 Å². The van der Waals surface area contributed by atoms with Gasteiger partial charge in [-0.2, -0.15) is 0 Å². The number of thioether (sulfide) groups is 1. The van der Waals surface area contributed by atoms with Crippen molar-refractivity contribution in [1.29, 1.82) is 0 Å². The molecule has 98 valence electrons. The number of hydrogen-bond donors (Lipinski definition) is 1. The van der Waals surface area contributed by atoms with Gasteiger partial charge in [0.2, 0.25) is 5.91 Å². The molecular formula is C12H16N2O3S. The van der Waals surface area contributed by atoms with Crippen LogP contribution >= 0.6 is 11.8 Å². The number of primary amides is 1. The van der Waals surface area contributed by atoms with Crippen LogP contribution in [-0.2, 0) is 4.79 Å². The van der Waals surface area contributed by atoms with E-state index < -0.39 is 10.3 Å². The normalized spacial score (nSPS) is 13.9. The Kier molecular flexibility index (Phi) is 4.72. The molecule has 0 aromatic heterocycles. The quantitative estimate of drug-likeness (QED) is 0.488. The van der Waals surface area contributed by atoms with Gasteiger partial charge in [-0.25, -0.2) is 0 Å². The molecule has 1 aromatic carbocycles. The molecule has 0 saturated heterocycles. The number of amides is 1. The van der Waals surface area contributed by atoms with Gasteiger partial charge < -0.3 is 5.73 Å². The molecule has 2 N–H and O–H groups in total. The zero-order valence-electron chi connectivity index (χ0n) is 10.4. The van der Waals surface area contributed by atoms with E-state index in [2.05, 4.69) is 0 Å². The second kappa shape index (κ2) is 5.86. The fourth-order valence-corrected chi connectivity index (χ4v) is 2.41. The summed E-state index contributed by atoms with van der Waals surface area (Å²) in [6, 6.07) is 6.27. The molecule has 1 atom stereocenters. The van der Waals surface area contributed by atoms with Gasteiger partial charge >= 0.3 is 0 Å². The third kappa shape index (κ3) is 3.46. The highest BCUT2D eigenvalue weighted by atomic mass is 32.2. The van der Waals surface area contributed by atoms with Crippen molar-refractivity contribution in [2.24, 2.45) is 11.1 Å². The molecule has 1 aromatic rings. The van der Waals surface area contributed by atoms with Gasteiger partial charge in [0.1, 0.15) is 0 Å². The van der Waals surface area contributed by atoms with Crippen LogP contribution in [0, 0.1) is 15.5 Å². The van der Waals surface area contributed by atoms with Gasteiger partial charge in [-0.05, 0) is 25.5 Å². The summed E-state index contributed by atoms with van der Waals surface area (Å²) >= 11 is 1.48. The third-order valence-corrected chi connectivity index (χ3v) is 4.37. The smallest absolute Gasteiger partial charge is 0.269 e. The van der Waals surface area contributed by atoms with Gasteiger partial charge in [-0.1, -0.05) is 6.92 Å². The predicted molar refractivity (Wildman–Crippen MR) is 71.4 cm³/mol. The monoisotopic (exact) mass is 268 g/mol. The molecule has 0 spiro atoms. The molecule has 1 unspecified atom stereocenters. The van der Waals surface area contributed by atoms with Crippen molar-refractivity contribution in [1.82, 2.24) is 0 Å². The summed E-state index contributed by atoms with van der Waals surface area (Å²) in [4.78, 5) is 22.3. The minimum Gasteiger partial charge on any atom is -0.369 e. The van der Waals surface area contributed by atoms with Crippen LogP contribution in [0.1, 0.15) is 20.3 Å². The zero-order valence-corrected chi connectivity index (χ0v) is 11.2. The summed E-state index contributed by atoms with van der Waals surface area (Å²) in [5.74, 6) is 0.246. The lowest BCUT2D eigenvalue weighted by Gasteiger charge is -2.23. The van der Waals surface area contributed by atoms with Crippen LogP contribution in [0.15, 0.2) is 29.2 Å². The van der Waals surface area contributed by atoms with Crippen LogP contribution in [0.5, 0.6) is 0 Å². The van der Waals surface area contributed by atoms with E-state index in [1.165, 1.54) is 23.9 Å². The number of nitrogens with zero attached hydrogens (tertiary/aromatic N) is 1. The second-order valence-corrected chi connectivity index (χ2v) is 5.37. The first-order valence-corrected chi connectivity index (χ1v) is 6.55. The molecule has 18 heavy (non-hydrogen) atoms. The number of carbonyl (C=O) groups excluding carboxylic acids is 1. The molecule has 0 heterocycles. The first-order valence-electron chi connectivity index (χ1n) is 5.56. The second-order valence-electron chi connectivity index (χ2n) is 4.32. The summed E-state index contributed by atoms with van der Waals surface area (Å²) in [5, 5.41) is 10.5. The van der Waals surface area contributed by atoms with Crippen molar-refractivity contribution in [3.63, 3.8) is 0 Å². The van der Waals surface area contributed by atoms with E-state index in [4.69, 9.17) is 5.73 Å². The maximum absolute atomic E-state index is 11.3. The SMILES string of the molecule is CCC(C)(CSc1ccc([N+](=O)[O-])cc1)C(N)=O. The lowest BCUT2D eigenvalue weighted by atomic mass is 9.89. The molecule has 5 nitrogen and oxygen atoms in total.